The number of para-hydroxylation sites is 1. The van der Waals surface area contributed by atoms with Gasteiger partial charge in [0, 0.05) is 16.3 Å². The summed E-state index contributed by atoms with van der Waals surface area (Å²) in [5.41, 5.74) is 9.18. The first-order valence-electron chi connectivity index (χ1n) is 17.6. The molecule has 11 rings (SSSR count). The van der Waals surface area contributed by atoms with Crippen molar-refractivity contribution in [2.24, 2.45) is 0 Å². The van der Waals surface area contributed by atoms with Crippen LogP contribution in [0.3, 0.4) is 0 Å². The first kappa shape index (κ1) is 28.2. The molecule has 236 valence electrons. The van der Waals surface area contributed by atoms with Gasteiger partial charge < -0.3 is 4.42 Å². The fourth-order valence-electron chi connectivity index (χ4n) is 8.54. The third kappa shape index (κ3) is 4.22. The Bertz CT molecular complexity index is 3130. The van der Waals surface area contributed by atoms with E-state index in [0.29, 0.717) is 0 Å². The molecule has 11 aromatic rings. The normalized spacial score (nSPS) is 11.9. The van der Waals surface area contributed by atoms with Crippen LogP contribution in [0.5, 0.6) is 0 Å². The average Bonchev–Trinajstić information content (AvgIpc) is 3.59. The van der Waals surface area contributed by atoms with Crippen molar-refractivity contribution in [3.63, 3.8) is 0 Å². The van der Waals surface area contributed by atoms with E-state index in [1.54, 1.807) is 0 Å². The predicted octanol–water partition coefficient (Wildman–Crippen LogP) is 14.4. The van der Waals surface area contributed by atoms with E-state index >= 15 is 0 Å². The Morgan fingerprint density at radius 1 is 0.294 bits per heavy atom. The van der Waals surface area contributed by atoms with Gasteiger partial charge in [-0.3, -0.25) is 0 Å². The third-order valence-electron chi connectivity index (χ3n) is 10.8. The van der Waals surface area contributed by atoms with Crippen LogP contribution in [0.1, 0.15) is 0 Å². The zero-order valence-corrected chi connectivity index (χ0v) is 27.7. The van der Waals surface area contributed by atoms with Crippen molar-refractivity contribution >= 4 is 75.8 Å². The minimum absolute atomic E-state index is 0.924. The first-order valence-corrected chi connectivity index (χ1v) is 17.6. The molecule has 0 aliphatic rings. The summed E-state index contributed by atoms with van der Waals surface area (Å²) in [5.74, 6) is 0. The lowest BCUT2D eigenvalue weighted by Crippen LogP contribution is -1.91. The fourth-order valence-corrected chi connectivity index (χ4v) is 8.54. The van der Waals surface area contributed by atoms with Crippen molar-refractivity contribution < 1.29 is 4.42 Å². The van der Waals surface area contributed by atoms with Gasteiger partial charge in [-0.2, -0.15) is 0 Å². The van der Waals surface area contributed by atoms with Crippen LogP contribution in [-0.2, 0) is 0 Å². The highest BCUT2D eigenvalue weighted by Crippen LogP contribution is 2.46. The van der Waals surface area contributed by atoms with Crippen LogP contribution in [0, 0.1) is 0 Å². The van der Waals surface area contributed by atoms with Crippen molar-refractivity contribution in [2.45, 2.75) is 0 Å². The van der Waals surface area contributed by atoms with Gasteiger partial charge in [0.05, 0.1) is 0 Å². The molecule has 0 atom stereocenters. The highest BCUT2D eigenvalue weighted by Gasteiger charge is 2.19. The number of fused-ring (bicyclic) bond motifs is 9. The summed E-state index contributed by atoms with van der Waals surface area (Å²) in [6, 6.07) is 66.3. The summed E-state index contributed by atoms with van der Waals surface area (Å²) >= 11 is 0. The van der Waals surface area contributed by atoms with Gasteiger partial charge >= 0.3 is 0 Å². The molecule has 1 heteroatoms. The van der Waals surface area contributed by atoms with Gasteiger partial charge in [-0.05, 0) is 99.9 Å². The van der Waals surface area contributed by atoms with Crippen molar-refractivity contribution in [2.75, 3.05) is 0 Å². The fraction of sp³-hybridized carbons (Fsp3) is 0. The van der Waals surface area contributed by atoms with Crippen LogP contribution >= 0.6 is 0 Å². The molecule has 0 N–H and O–H groups in total. The van der Waals surface area contributed by atoms with Crippen LogP contribution in [0.2, 0.25) is 0 Å². The van der Waals surface area contributed by atoms with Gasteiger partial charge in [-0.25, -0.2) is 0 Å². The molecule has 0 saturated heterocycles. The zero-order valence-electron chi connectivity index (χ0n) is 27.7. The van der Waals surface area contributed by atoms with Crippen molar-refractivity contribution in [3.8, 4) is 33.4 Å². The summed E-state index contributed by atoms with van der Waals surface area (Å²) in [5, 5.41) is 14.8. The van der Waals surface area contributed by atoms with Crippen molar-refractivity contribution in [1.82, 2.24) is 0 Å². The van der Waals surface area contributed by atoms with Crippen LogP contribution in [0.4, 0.5) is 0 Å². The molecule has 0 spiro atoms. The van der Waals surface area contributed by atoms with Gasteiger partial charge in [-0.15, -0.1) is 0 Å². The molecule has 51 heavy (non-hydrogen) atoms. The minimum atomic E-state index is 0.924. The van der Waals surface area contributed by atoms with Gasteiger partial charge in [0.25, 0.3) is 0 Å². The molecule has 0 saturated carbocycles. The molecule has 0 aliphatic carbocycles. The second-order valence-electron chi connectivity index (χ2n) is 13.6. The number of rotatable bonds is 3. The Morgan fingerprint density at radius 3 is 1.51 bits per heavy atom. The number of benzene rings is 10. The quantitative estimate of drug-likeness (QED) is 0.174. The Morgan fingerprint density at radius 2 is 0.784 bits per heavy atom. The minimum Gasteiger partial charge on any atom is -0.455 e. The van der Waals surface area contributed by atoms with Crippen LogP contribution < -0.4 is 0 Å². The second-order valence-corrected chi connectivity index (χ2v) is 13.6. The van der Waals surface area contributed by atoms with Crippen LogP contribution in [0.15, 0.2) is 186 Å². The highest BCUT2D eigenvalue weighted by molar-refractivity contribution is 6.24. The summed E-state index contributed by atoms with van der Waals surface area (Å²) in [4.78, 5) is 0. The maximum atomic E-state index is 6.58. The molecule has 0 bridgehead atoms. The molecule has 0 aliphatic heterocycles. The Kier molecular flexibility index (Phi) is 6.02. The van der Waals surface area contributed by atoms with Crippen LogP contribution in [0.25, 0.3) is 109 Å². The standard InChI is InChI=1S/C50H30O/c1-3-14-37-31(11-1)13-9-21-40(37)48-43-18-7-5-16-41(43)47(42-17-6-8-19-44(42)48)36-26-24-33-29-35(25-23-34(33)30-36)39-20-10-22-45-49-38-15-4-2-12-32(38)27-28-46(49)51-50(39)45/h1-30H. The smallest absolute Gasteiger partial charge is 0.143 e. The van der Waals surface area contributed by atoms with E-state index in [4.69, 9.17) is 4.42 Å². The second kappa shape index (κ2) is 10.9. The van der Waals surface area contributed by atoms with E-state index in [2.05, 4.69) is 182 Å². The van der Waals surface area contributed by atoms with Crippen molar-refractivity contribution in [3.05, 3.63) is 182 Å². The maximum Gasteiger partial charge on any atom is 0.143 e. The SMILES string of the molecule is c1ccc2c(-c3c4ccccc4c(-c4ccc5cc(-c6cccc7c6oc6ccc8ccccc8c67)ccc5c4)c4ccccc34)cccc2c1. The van der Waals surface area contributed by atoms with Crippen LogP contribution in [-0.4, -0.2) is 0 Å². The summed E-state index contributed by atoms with van der Waals surface area (Å²) in [7, 11) is 0. The number of furan rings is 1. The largest absolute Gasteiger partial charge is 0.455 e. The molecule has 1 aromatic heterocycles. The van der Waals surface area contributed by atoms with Gasteiger partial charge in [0.2, 0.25) is 0 Å². The van der Waals surface area contributed by atoms with E-state index in [1.165, 1.54) is 81.5 Å². The molecule has 1 heterocycles. The summed E-state index contributed by atoms with van der Waals surface area (Å²) in [6.45, 7) is 0. The highest BCUT2D eigenvalue weighted by atomic mass is 16.3. The van der Waals surface area contributed by atoms with E-state index < -0.39 is 0 Å². The Hall–Kier alpha value is -6.70. The lowest BCUT2D eigenvalue weighted by molar-refractivity contribution is 0.670. The molecule has 10 aromatic carbocycles. The zero-order chi connectivity index (χ0) is 33.5. The van der Waals surface area contributed by atoms with Gasteiger partial charge in [-0.1, -0.05) is 164 Å². The Labute approximate surface area is 294 Å². The molecule has 0 unspecified atom stereocenters. The molecule has 0 radical (unpaired) electrons. The molecule has 0 fully saturated rings. The van der Waals surface area contributed by atoms with E-state index in [9.17, 15) is 0 Å². The third-order valence-corrected chi connectivity index (χ3v) is 10.8. The lowest BCUT2D eigenvalue weighted by Gasteiger charge is -2.19. The lowest BCUT2D eigenvalue weighted by atomic mass is 9.84. The van der Waals surface area contributed by atoms with E-state index in [0.717, 1.165) is 27.7 Å². The van der Waals surface area contributed by atoms with Crippen molar-refractivity contribution in [1.29, 1.82) is 0 Å². The number of hydrogen-bond acceptors (Lipinski definition) is 1. The molecule has 1 nitrogen and oxygen atoms in total. The van der Waals surface area contributed by atoms with E-state index in [-0.39, 0.29) is 0 Å². The first-order chi connectivity index (χ1) is 25.3. The number of hydrogen-bond donors (Lipinski definition) is 0. The molecular formula is C50H30O. The van der Waals surface area contributed by atoms with E-state index in [1.807, 2.05) is 0 Å². The topological polar surface area (TPSA) is 13.1 Å². The summed E-state index contributed by atoms with van der Waals surface area (Å²) in [6.07, 6.45) is 0. The monoisotopic (exact) mass is 646 g/mol. The van der Waals surface area contributed by atoms with Gasteiger partial charge in [0.15, 0.2) is 0 Å². The maximum absolute atomic E-state index is 6.58. The summed E-state index contributed by atoms with van der Waals surface area (Å²) < 4.78 is 6.58. The average molecular weight is 647 g/mol. The Balaban J connectivity index is 1.09. The molecular weight excluding hydrogens is 617 g/mol. The van der Waals surface area contributed by atoms with Gasteiger partial charge in [0.1, 0.15) is 11.2 Å². The molecule has 0 amide bonds. The predicted molar refractivity (Wildman–Crippen MR) is 218 cm³/mol.